The number of nitrogens with two attached hydrogens (primary N) is 1. The number of primary amides is 1. The van der Waals surface area contributed by atoms with E-state index in [1.165, 1.54) is 17.0 Å². The van der Waals surface area contributed by atoms with Gasteiger partial charge in [0.25, 0.3) is 11.8 Å². The third kappa shape index (κ3) is 6.76. The van der Waals surface area contributed by atoms with Crippen LogP contribution in [0.15, 0.2) is 60.9 Å². The Morgan fingerprint density at radius 2 is 1.78 bits per heavy atom. The Morgan fingerprint density at radius 1 is 1.07 bits per heavy atom. The minimum atomic E-state index is -2.13. The molecule has 41 heavy (non-hydrogen) atoms. The van der Waals surface area contributed by atoms with Crippen LogP contribution in [0.1, 0.15) is 53.9 Å². The predicted octanol–water partition coefficient (Wildman–Crippen LogP) is 2.25. The number of benzene rings is 2. The van der Waals surface area contributed by atoms with Crippen molar-refractivity contribution in [2.24, 2.45) is 5.73 Å². The second-order valence-electron chi connectivity index (χ2n) is 10.7. The largest absolute Gasteiger partial charge is 0.367 e. The molecule has 4 N–H and O–H groups in total. The van der Waals surface area contributed by atoms with Gasteiger partial charge in [0.05, 0.1) is 18.1 Å². The van der Waals surface area contributed by atoms with Gasteiger partial charge in [-0.2, -0.15) is 0 Å². The number of piperidine rings is 1. The first-order valence-electron chi connectivity index (χ1n) is 13.8. The normalized spacial score (nSPS) is 20.3. The van der Waals surface area contributed by atoms with E-state index in [4.69, 9.17) is 5.73 Å². The Hall–Kier alpha value is -4.19. The molecule has 12 heteroatoms. The number of likely N-dealkylation sites (tertiary alicyclic amines) is 1. The lowest BCUT2D eigenvalue weighted by atomic mass is 9.92. The van der Waals surface area contributed by atoms with Crippen molar-refractivity contribution in [3.63, 3.8) is 0 Å². The molecule has 0 radical (unpaired) electrons. The van der Waals surface area contributed by atoms with Gasteiger partial charge in [0.15, 0.2) is 5.67 Å². The minimum absolute atomic E-state index is 0.0386. The van der Waals surface area contributed by atoms with Crippen LogP contribution in [0.5, 0.6) is 0 Å². The number of rotatable bonds is 11. The molecule has 0 spiro atoms. The van der Waals surface area contributed by atoms with Crippen LogP contribution in [0.2, 0.25) is 0 Å². The van der Waals surface area contributed by atoms with Crippen LogP contribution in [-0.2, 0) is 9.59 Å². The number of alkyl halides is 1. The van der Waals surface area contributed by atoms with E-state index in [-0.39, 0.29) is 43.7 Å². The fourth-order valence-corrected chi connectivity index (χ4v) is 5.25. The number of nitrogens with zero attached hydrogens (tertiary/aromatic N) is 4. The van der Waals surface area contributed by atoms with Crippen LogP contribution in [0.3, 0.4) is 0 Å². The third-order valence-electron chi connectivity index (χ3n) is 7.89. The number of halogens is 2. The highest BCUT2D eigenvalue weighted by Crippen LogP contribution is 2.40. The van der Waals surface area contributed by atoms with Gasteiger partial charge in [-0.3, -0.25) is 14.4 Å². The van der Waals surface area contributed by atoms with Gasteiger partial charge in [0.2, 0.25) is 5.91 Å². The Kier molecular flexibility index (Phi) is 8.39. The summed E-state index contributed by atoms with van der Waals surface area (Å²) in [6, 6.07) is 12.7. The van der Waals surface area contributed by atoms with Crippen LogP contribution in [0.25, 0.3) is 5.69 Å². The van der Waals surface area contributed by atoms with Gasteiger partial charge in [-0.15, -0.1) is 5.10 Å². The summed E-state index contributed by atoms with van der Waals surface area (Å²) >= 11 is 0. The van der Waals surface area contributed by atoms with Crippen LogP contribution >= 0.6 is 0 Å². The molecule has 1 saturated carbocycles. The van der Waals surface area contributed by atoms with Crippen molar-refractivity contribution < 1.29 is 23.2 Å². The fraction of sp³-hybridized carbons (Fsp3) is 0.414. The van der Waals surface area contributed by atoms with Crippen molar-refractivity contribution in [3.05, 3.63) is 77.9 Å². The summed E-state index contributed by atoms with van der Waals surface area (Å²) in [6.45, 7) is 0.706. The van der Waals surface area contributed by atoms with Crippen molar-refractivity contribution in [1.29, 1.82) is 0 Å². The first-order valence-corrected chi connectivity index (χ1v) is 13.8. The molecule has 0 bridgehead atoms. The highest BCUT2D eigenvalue weighted by molar-refractivity contribution is 5.97. The van der Waals surface area contributed by atoms with Gasteiger partial charge in [-0.1, -0.05) is 17.3 Å². The minimum Gasteiger partial charge on any atom is -0.367 e. The average Bonchev–Trinajstić information content (AvgIpc) is 3.53. The molecule has 3 aromatic rings. The lowest BCUT2D eigenvalue weighted by molar-refractivity contribution is -0.141. The van der Waals surface area contributed by atoms with E-state index in [0.717, 1.165) is 17.7 Å². The summed E-state index contributed by atoms with van der Waals surface area (Å²) < 4.78 is 29.5. The Bertz CT molecular complexity index is 1360. The topological polar surface area (TPSA) is 135 Å². The molecule has 2 fully saturated rings. The molecule has 2 aliphatic rings. The molecular formula is C29H33F2N7O3. The van der Waals surface area contributed by atoms with Gasteiger partial charge >= 0.3 is 0 Å². The SMILES string of the molecule is NC(=O)C1(F)CCN(C(=O)[C@@H](CCCN[C@@H]2C[C@H]2c2ccc(F)cc2)NC(=O)c2ccc(-n3ccnn3)cc2)CC1. The third-order valence-corrected chi connectivity index (χ3v) is 7.89. The van der Waals surface area contributed by atoms with E-state index in [1.807, 2.05) is 0 Å². The quantitative estimate of drug-likeness (QED) is 0.305. The number of nitrogens with one attached hydrogen (secondary N) is 2. The molecule has 3 amide bonds. The first kappa shape index (κ1) is 28.3. The molecule has 2 aromatic carbocycles. The zero-order valence-electron chi connectivity index (χ0n) is 22.5. The zero-order valence-corrected chi connectivity index (χ0v) is 22.5. The standard InChI is InChI=1S/C29H33F2N7O3/c30-21-7-3-19(4-8-21)23-18-25(23)33-13-1-2-24(27(40)37-15-11-29(31,12-16-37)28(32)41)35-26(39)20-5-9-22(10-6-20)38-17-14-34-36-38/h3-10,14,17,23-25,33H,1-2,11-13,15-16,18H2,(H2,32,41)(H,35,39)/t23-,24+,25+/m0/s1. The van der Waals surface area contributed by atoms with E-state index < -0.39 is 23.5 Å². The van der Waals surface area contributed by atoms with Crippen molar-refractivity contribution in [2.45, 2.75) is 55.8 Å². The van der Waals surface area contributed by atoms with Crippen LogP contribution in [0.4, 0.5) is 8.78 Å². The summed E-state index contributed by atoms with van der Waals surface area (Å²) in [7, 11) is 0. The van der Waals surface area contributed by atoms with E-state index in [2.05, 4.69) is 20.9 Å². The molecule has 1 aromatic heterocycles. The maximum absolute atomic E-state index is 14.7. The second kappa shape index (κ2) is 12.1. The van der Waals surface area contributed by atoms with Crippen molar-refractivity contribution in [3.8, 4) is 5.69 Å². The second-order valence-corrected chi connectivity index (χ2v) is 10.7. The highest BCUT2D eigenvalue weighted by atomic mass is 19.1. The molecule has 10 nitrogen and oxygen atoms in total. The molecule has 1 saturated heterocycles. The molecule has 1 aliphatic carbocycles. The molecule has 5 rings (SSSR count). The maximum atomic E-state index is 14.7. The smallest absolute Gasteiger partial charge is 0.255 e. The molecule has 2 heterocycles. The van der Waals surface area contributed by atoms with Crippen LogP contribution < -0.4 is 16.4 Å². The number of aromatic nitrogens is 3. The first-order chi connectivity index (χ1) is 19.7. The van der Waals surface area contributed by atoms with E-state index in [1.54, 1.807) is 53.5 Å². The molecule has 1 aliphatic heterocycles. The summed E-state index contributed by atoms with van der Waals surface area (Å²) in [4.78, 5) is 39.6. The van der Waals surface area contributed by atoms with Gasteiger partial charge in [0, 0.05) is 43.5 Å². The number of hydrogen-bond donors (Lipinski definition) is 3. The van der Waals surface area contributed by atoms with Crippen molar-refractivity contribution >= 4 is 17.7 Å². The Labute approximate surface area is 236 Å². The molecule has 3 atom stereocenters. The van der Waals surface area contributed by atoms with E-state index >= 15 is 0 Å². The number of amides is 3. The predicted molar refractivity (Wildman–Crippen MR) is 146 cm³/mol. The van der Waals surface area contributed by atoms with Gasteiger partial charge < -0.3 is 21.3 Å². The van der Waals surface area contributed by atoms with E-state index in [0.29, 0.717) is 30.9 Å². The van der Waals surface area contributed by atoms with Gasteiger partial charge in [-0.25, -0.2) is 13.5 Å². The number of carbonyl (C=O) groups excluding carboxylic acids is 3. The lowest BCUT2D eigenvalue weighted by Gasteiger charge is -2.36. The summed E-state index contributed by atoms with van der Waals surface area (Å²) in [5.74, 6) is -1.68. The van der Waals surface area contributed by atoms with Gasteiger partial charge in [0.1, 0.15) is 11.9 Å². The average molecular weight is 566 g/mol. The Balaban J connectivity index is 1.19. The van der Waals surface area contributed by atoms with Crippen LogP contribution in [-0.4, -0.2) is 75.0 Å². The number of hydrogen-bond acceptors (Lipinski definition) is 6. The molecular weight excluding hydrogens is 532 g/mol. The zero-order chi connectivity index (χ0) is 29.0. The van der Waals surface area contributed by atoms with Crippen molar-refractivity contribution in [1.82, 2.24) is 30.5 Å². The number of carbonyl (C=O) groups is 3. The monoisotopic (exact) mass is 565 g/mol. The molecule has 0 unspecified atom stereocenters. The summed E-state index contributed by atoms with van der Waals surface area (Å²) in [5.41, 5.74) is 5.28. The fourth-order valence-electron chi connectivity index (χ4n) is 5.25. The van der Waals surface area contributed by atoms with E-state index in [9.17, 15) is 23.2 Å². The maximum Gasteiger partial charge on any atom is 0.255 e. The van der Waals surface area contributed by atoms with Gasteiger partial charge in [-0.05, 0) is 67.8 Å². The van der Waals surface area contributed by atoms with Crippen LogP contribution in [0, 0.1) is 5.82 Å². The molecule has 216 valence electrons. The summed E-state index contributed by atoms with van der Waals surface area (Å²) in [6.07, 6.45) is 4.82. The highest BCUT2D eigenvalue weighted by Gasteiger charge is 2.42. The Morgan fingerprint density at radius 3 is 2.41 bits per heavy atom. The summed E-state index contributed by atoms with van der Waals surface area (Å²) in [5, 5.41) is 14.0. The lowest BCUT2D eigenvalue weighted by Crippen LogP contribution is -2.55. The van der Waals surface area contributed by atoms with Crippen molar-refractivity contribution in [2.75, 3.05) is 19.6 Å².